The van der Waals surface area contributed by atoms with Crippen molar-refractivity contribution in [2.24, 2.45) is 5.73 Å². The summed E-state index contributed by atoms with van der Waals surface area (Å²) in [6.07, 6.45) is 2.35. The number of nitrogens with zero attached hydrogens (tertiary/aromatic N) is 3. The number of rotatable bonds is 6. The molecule has 0 bridgehead atoms. The quantitative estimate of drug-likeness (QED) is 0.477. The number of carbonyl (C=O) groups is 1. The van der Waals surface area contributed by atoms with Crippen LogP contribution in [0.15, 0.2) is 24.5 Å². The molecule has 1 aromatic carbocycles. The van der Waals surface area contributed by atoms with Crippen molar-refractivity contribution in [1.29, 1.82) is 0 Å². The number of hydrogen-bond donors (Lipinski definition) is 3. The number of ether oxygens (including phenoxy) is 1. The summed E-state index contributed by atoms with van der Waals surface area (Å²) in [4.78, 5) is 21.2. The summed E-state index contributed by atoms with van der Waals surface area (Å²) in [6.45, 7) is 2.51. The maximum absolute atomic E-state index is 14.0. The minimum atomic E-state index is -2.08. The lowest BCUT2D eigenvalue weighted by molar-refractivity contribution is 0.100. The van der Waals surface area contributed by atoms with Crippen LogP contribution in [0.5, 0.6) is 5.75 Å². The highest BCUT2D eigenvalue weighted by molar-refractivity contribution is 7.76. The number of halogens is 1. The number of aryl methyl sites for hydroxylation is 1. The first-order valence-electron chi connectivity index (χ1n) is 9.46. The number of nitrogens with two attached hydrogens (primary N) is 1. The molecule has 0 saturated carbocycles. The molecule has 2 atom stereocenters. The predicted molar refractivity (Wildman–Crippen MR) is 116 cm³/mol. The van der Waals surface area contributed by atoms with Gasteiger partial charge in [0.25, 0.3) is 5.91 Å². The van der Waals surface area contributed by atoms with Gasteiger partial charge in [-0.2, -0.15) is 4.31 Å². The second-order valence-corrected chi connectivity index (χ2v) is 9.07. The number of benzene rings is 1. The van der Waals surface area contributed by atoms with Crippen LogP contribution in [0.2, 0.25) is 0 Å². The molecule has 1 aliphatic rings. The lowest BCUT2D eigenvalue weighted by atomic mass is 10.1. The van der Waals surface area contributed by atoms with Gasteiger partial charge < -0.3 is 15.8 Å². The summed E-state index contributed by atoms with van der Waals surface area (Å²) < 4.78 is 42.1. The number of aromatic nitrogens is 2. The smallest absolute Gasteiger partial charge is 0.259 e. The summed E-state index contributed by atoms with van der Waals surface area (Å²) in [5.74, 6) is -0.329. The number of hydrogen-bond acceptors (Lipinski definition) is 7. The Labute approximate surface area is 183 Å². The number of piperidine rings is 1. The zero-order valence-electron chi connectivity index (χ0n) is 16.5. The van der Waals surface area contributed by atoms with Gasteiger partial charge >= 0.3 is 0 Å². The van der Waals surface area contributed by atoms with Crippen LogP contribution < -0.4 is 15.8 Å². The Morgan fingerprint density at radius 2 is 2.26 bits per heavy atom. The van der Waals surface area contributed by atoms with E-state index in [1.54, 1.807) is 6.92 Å². The van der Waals surface area contributed by atoms with E-state index in [1.807, 2.05) is 0 Å². The summed E-state index contributed by atoms with van der Waals surface area (Å²) >= 11 is -0.902. The maximum Gasteiger partial charge on any atom is 0.259 e. The highest BCUT2D eigenvalue weighted by Crippen LogP contribution is 2.36. The largest absolute Gasteiger partial charge is 0.487 e. The number of nitrogens with one attached hydrogen (secondary N) is 1. The third-order valence-corrected chi connectivity index (χ3v) is 6.99. The van der Waals surface area contributed by atoms with Crippen molar-refractivity contribution >= 4 is 50.2 Å². The molecule has 12 heteroatoms. The number of primary amides is 1. The van der Waals surface area contributed by atoms with Gasteiger partial charge in [-0.1, -0.05) is 0 Å². The molecule has 3 heterocycles. The molecule has 9 nitrogen and oxygen atoms in total. The Balaban J connectivity index is 1.66. The van der Waals surface area contributed by atoms with Crippen LogP contribution in [0.3, 0.4) is 0 Å². The van der Waals surface area contributed by atoms with Crippen LogP contribution in [0, 0.1) is 12.7 Å². The molecule has 1 aliphatic heterocycles. The van der Waals surface area contributed by atoms with Crippen molar-refractivity contribution in [2.75, 3.05) is 18.4 Å². The Kier molecular flexibility index (Phi) is 6.14. The number of carbonyl (C=O) groups excluding carboxylic acids is 1. The normalized spacial score (nSPS) is 18.1. The molecule has 1 amide bonds. The summed E-state index contributed by atoms with van der Waals surface area (Å²) in [5, 5.41) is 3.80. The zero-order chi connectivity index (χ0) is 22.1. The Morgan fingerprint density at radius 3 is 3.00 bits per heavy atom. The van der Waals surface area contributed by atoms with E-state index < -0.39 is 23.0 Å². The molecule has 1 saturated heterocycles. The van der Waals surface area contributed by atoms with Crippen LogP contribution in [0.1, 0.15) is 28.1 Å². The van der Waals surface area contributed by atoms with Gasteiger partial charge in [-0.25, -0.2) is 18.6 Å². The molecule has 1 fully saturated rings. The molecule has 0 radical (unpaired) electrons. The second kappa shape index (κ2) is 8.83. The van der Waals surface area contributed by atoms with E-state index in [4.69, 9.17) is 10.5 Å². The van der Waals surface area contributed by atoms with Gasteiger partial charge in [0.2, 0.25) is 11.3 Å². The van der Waals surface area contributed by atoms with Crippen LogP contribution in [-0.4, -0.2) is 48.1 Å². The van der Waals surface area contributed by atoms with Crippen molar-refractivity contribution in [3.05, 3.63) is 40.8 Å². The fourth-order valence-electron chi connectivity index (χ4n) is 3.55. The van der Waals surface area contributed by atoms with Crippen molar-refractivity contribution in [3.63, 3.8) is 0 Å². The molecule has 0 spiro atoms. The average molecular weight is 466 g/mol. The Hall–Kier alpha value is -2.67. The van der Waals surface area contributed by atoms with Crippen LogP contribution >= 0.6 is 11.3 Å². The minimum absolute atomic E-state index is 0.252. The van der Waals surface area contributed by atoms with Crippen molar-refractivity contribution < 1.29 is 22.7 Å². The van der Waals surface area contributed by atoms with Gasteiger partial charge in [-0.05, 0) is 37.5 Å². The van der Waals surface area contributed by atoms with Crippen molar-refractivity contribution in [2.45, 2.75) is 25.9 Å². The number of amides is 1. The summed E-state index contributed by atoms with van der Waals surface area (Å²) in [6, 6.07) is 4.07. The molecule has 4 rings (SSSR count). The average Bonchev–Trinajstić information content (AvgIpc) is 3.08. The molecule has 164 valence electrons. The summed E-state index contributed by atoms with van der Waals surface area (Å²) in [5.41, 5.74) is 6.58. The van der Waals surface area contributed by atoms with E-state index in [-0.39, 0.29) is 18.4 Å². The van der Waals surface area contributed by atoms with E-state index >= 15 is 0 Å². The SMILES string of the molecule is Cc1c(C(N)=O)sc2ncnc(Nc3ccc(F)cc3O[C@H]3CCCN(S(=O)O)C3)c12. The van der Waals surface area contributed by atoms with Gasteiger partial charge in [0.05, 0.1) is 22.5 Å². The second-order valence-electron chi connectivity index (χ2n) is 7.09. The lowest BCUT2D eigenvalue weighted by Crippen LogP contribution is -2.41. The van der Waals surface area contributed by atoms with E-state index in [2.05, 4.69) is 15.3 Å². The number of fused-ring (bicyclic) bond motifs is 1. The van der Waals surface area contributed by atoms with Gasteiger partial charge in [-0.3, -0.25) is 9.35 Å². The molecular weight excluding hydrogens is 445 g/mol. The maximum atomic E-state index is 14.0. The van der Waals surface area contributed by atoms with Crippen molar-refractivity contribution in [1.82, 2.24) is 14.3 Å². The zero-order valence-corrected chi connectivity index (χ0v) is 18.1. The number of thiophene rings is 1. The van der Waals surface area contributed by atoms with E-state index in [0.717, 1.165) is 0 Å². The molecule has 3 aromatic rings. The Morgan fingerprint density at radius 1 is 1.45 bits per heavy atom. The predicted octanol–water partition coefficient (Wildman–Crippen LogP) is 2.96. The van der Waals surface area contributed by atoms with E-state index in [1.165, 1.54) is 40.2 Å². The Bertz CT molecular complexity index is 1170. The highest BCUT2D eigenvalue weighted by atomic mass is 32.2. The first-order valence-corrected chi connectivity index (χ1v) is 11.3. The van der Waals surface area contributed by atoms with Crippen LogP contribution in [-0.2, 0) is 11.3 Å². The van der Waals surface area contributed by atoms with E-state index in [0.29, 0.717) is 51.5 Å². The molecule has 0 aliphatic carbocycles. The standard InChI is InChI=1S/C19H20FN5O4S2/c1-10-15-18(22-9-23-19(15)30-16(10)17(21)26)24-13-5-4-11(20)7-14(13)29-12-3-2-6-25(8-12)31(27)28/h4-5,7,9,12H,2-3,6,8H2,1H3,(H2,21,26)(H,27,28)(H,22,23,24)/t12-/m0/s1. The first-order chi connectivity index (χ1) is 14.8. The van der Waals surface area contributed by atoms with Crippen molar-refractivity contribution in [3.8, 4) is 5.75 Å². The van der Waals surface area contributed by atoms with Gasteiger partial charge in [-0.15, -0.1) is 11.3 Å². The highest BCUT2D eigenvalue weighted by Gasteiger charge is 2.26. The van der Waals surface area contributed by atoms with Gasteiger partial charge in [0.1, 0.15) is 34.6 Å². The molecule has 31 heavy (non-hydrogen) atoms. The van der Waals surface area contributed by atoms with Gasteiger partial charge in [0, 0.05) is 12.6 Å². The lowest BCUT2D eigenvalue weighted by Gasteiger charge is -2.30. The summed E-state index contributed by atoms with van der Waals surface area (Å²) in [7, 11) is 0. The molecular formula is C19H20FN5O4S2. The fraction of sp³-hybridized carbons (Fsp3) is 0.316. The van der Waals surface area contributed by atoms with E-state index in [9.17, 15) is 17.9 Å². The molecule has 2 aromatic heterocycles. The fourth-order valence-corrected chi connectivity index (χ4v) is 5.13. The molecule has 1 unspecified atom stereocenters. The van der Waals surface area contributed by atoms with Gasteiger partial charge in [0.15, 0.2) is 0 Å². The topological polar surface area (TPSA) is 131 Å². The van der Waals surface area contributed by atoms with Crippen LogP contribution in [0.4, 0.5) is 15.9 Å². The number of anilines is 2. The molecule has 4 N–H and O–H groups in total. The van der Waals surface area contributed by atoms with Crippen LogP contribution in [0.25, 0.3) is 10.2 Å². The third kappa shape index (κ3) is 4.51. The minimum Gasteiger partial charge on any atom is -0.487 e. The first kappa shape index (κ1) is 21.6. The third-order valence-electron chi connectivity index (χ3n) is 5.00. The monoisotopic (exact) mass is 465 g/mol.